The standard InChI is InChI=1S/C36H31N3O7S/c1-5-45-35(41)31-32(23-9-7-6-8-10-23)37-36-38(33(31)24-13-11-22(12-14-24)21(2)3)34(40)30(47-36)20-26-16-18-29(46-26)27-17-15-25(44-4)19-28(27)39(42)43/h6-21,33H,5H2,1-4H3/b30-20-. The lowest BCUT2D eigenvalue weighted by molar-refractivity contribution is -0.384. The second kappa shape index (κ2) is 13.1. The van der Waals surface area contributed by atoms with E-state index < -0.39 is 16.9 Å². The predicted octanol–water partition coefficient (Wildman–Crippen LogP) is 6.24. The van der Waals surface area contributed by atoms with Gasteiger partial charge in [0.2, 0.25) is 0 Å². The number of esters is 1. The van der Waals surface area contributed by atoms with Crippen molar-refractivity contribution in [3.63, 3.8) is 0 Å². The molecule has 1 aliphatic rings. The Morgan fingerprint density at radius 1 is 1.09 bits per heavy atom. The largest absolute Gasteiger partial charge is 0.497 e. The van der Waals surface area contributed by atoms with E-state index in [-0.39, 0.29) is 34.8 Å². The summed E-state index contributed by atoms with van der Waals surface area (Å²) in [4.78, 5) is 44.4. The molecule has 0 saturated carbocycles. The number of furan rings is 1. The first-order chi connectivity index (χ1) is 22.7. The van der Waals surface area contributed by atoms with Crippen LogP contribution in [-0.2, 0) is 9.53 Å². The molecule has 1 aliphatic heterocycles. The van der Waals surface area contributed by atoms with Gasteiger partial charge < -0.3 is 13.9 Å². The van der Waals surface area contributed by atoms with Crippen molar-refractivity contribution in [3.8, 4) is 17.1 Å². The number of hydrogen-bond acceptors (Lipinski definition) is 9. The molecule has 3 heterocycles. The fourth-order valence-corrected chi connectivity index (χ4v) is 6.50. The van der Waals surface area contributed by atoms with Crippen molar-refractivity contribution in [2.45, 2.75) is 32.7 Å². The van der Waals surface area contributed by atoms with Crippen molar-refractivity contribution in [2.75, 3.05) is 13.7 Å². The Morgan fingerprint density at radius 3 is 2.49 bits per heavy atom. The number of nitrogens with zero attached hydrogens (tertiary/aromatic N) is 3. The summed E-state index contributed by atoms with van der Waals surface area (Å²) in [5.74, 6) is 0.667. The summed E-state index contributed by atoms with van der Waals surface area (Å²) >= 11 is 1.16. The summed E-state index contributed by atoms with van der Waals surface area (Å²) in [6, 6.07) is 24.2. The maximum Gasteiger partial charge on any atom is 0.338 e. The molecule has 2 aromatic heterocycles. The molecule has 1 unspecified atom stereocenters. The van der Waals surface area contributed by atoms with Crippen LogP contribution in [0.4, 0.5) is 5.69 Å². The lowest BCUT2D eigenvalue weighted by Crippen LogP contribution is -2.40. The second-order valence-electron chi connectivity index (χ2n) is 11.1. The maximum atomic E-state index is 14.2. The number of carbonyl (C=O) groups excluding carboxylic acids is 1. The second-order valence-corrected chi connectivity index (χ2v) is 12.1. The maximum absolute atomic E-state index is 14.2. The van der Waals surface area contributed by atoms with Gasteiger partial charge in [-0.05, 0) is 48.2 Å². The topological polar surface area (TPSA) is 126 Å². The first kappa shape index (κ1) is 31.4. The summed E-state index contributed by atoms with van der Waals surface area (Å²) in [5, 5.41) is 11.8. The molecule has 0 amide bonds. The highest BCUT2D eigenvalue weighted by Gasteiger charge is 2.35. The number of methoxy groups -OCH3 is 1. The van der Waals surface area contributed by atoms with Gasteiger partial charge in [-0.15, -0.1) is 0 Å². The van der Waals surface area contributed by atoms with Gasteiger partial charge in [-0.3, -0.25) is 19.5 Å². The summed E-state index contributed by atoms with van der Waals surface area (Å²) in [6.45, 7) is 6.09. The van der Waals surface area contributed by atoms with E-state index in [1.165, 1.54) is 17.7 Å². The molecule has 1 atom stereocenters. The zero-order chi connectivity index (χ0) is 33.2. The molecule has 0 spiro atoms. The van der Waals surface area contributed by atoms with Gasteiger partial charge in [-0.1, -0.05) is 79.8 Å². The predicted molar refractivity (Wildman–Crippen MR) is 179 cm³/mol. The van der Waals surface area contributed by atoms with E-state index in [2.05, 4.69) is 13.8 Å². The molecule has 6 rings (SSSR count). The van der Waals surface area contributed by atoms with E-state index in [0.717, 1.165) is 22.5 Å². The van der Waals surface area contributed by atoms with Gasteiger partial charge in [-0.2, -0.15) is 0 Å². The van der Waals surface area contributed by atoms with Crippen LogP contribution in [0.15, 0.2) is 105 Å². The van der Waals surface area contributed by atoms with Crippen molar-refractivity contribution in [1.82, 2.24) is 4.57 Å². The quantitative estimate of drug-likeness (QED) is 0.105. The summed E-state index contributed by atoms with van der Waals surface area (Å²) < 4.78 is 18.5. The monoisotopic (exact) mass is 649 g/mol. The molecule has 11 heteroatoms. The first-order valence-corrected chi connectivity index (χ1v) is 15.8. The zero-order valence-corrected chi connectivity index (χ0v) is 26.9. The molecule has 0 radical (unpaired) electrons. The molecule has 47 heavy (non-hydrogen) atoms. The number of hydrogen-bond donors (Lipinski definition) is 0. The Kier molecular flexibility index (Phi) is 8.73. The minimum absolute atomic E-state index is 0.154. The third-order valence-corrected chi connectivity index (χ3v) is 8.84. The van der Waals surface area contributed by atoms with Crippen LogP contribution in [0.3, 0.4) is 0 Å². The highest BCUT2D eigenvalue weighted by molar-refractivity contribution is 7.07. The van der Waals surface area contributed by atoms with E-state index in [9.17, 15) is 19.7 Å². The number of ether oxygens (including phenoxy) is 2. The summed E-state index contributed by atoms with van der Waals surface area (Å²) in [6.07, 6.45) is 1.58. The number of aromatic nitrogens is 1. The number of benzene rings is 3. The van der Waals surface area contributed by atoms with Crippen LogP contribution in [0.2, 0.25) is 0 Å². The highest BCUT2D eigenvalue weighted by atomic mass is 32.1. The number of fused-ring (bicyclic) bond motifs is 1. The van der Waals surface area contributed by atoms with Gasteiger partial charge in [0.15, 0.2) is 4.80 Å². The number of nitro groups is 1. The van der Waals surface area contributed by atoms with Gasteiger partial charge in [0, 0.05) is 11.6 Å². The van der Waals surface area contributed by atoms with E-state index in [1.807, 2.05) is 54.6 Å². The van der Waals surface area contributed by atoms with Crippen LogP contribution in [0.1, 0.15) is 55.2 Å². The van der Waals surface area contributed by atoms with Gasteiger partial charge in [-0.25, -0.2) is 9.79 Å². The average Bonchev–Trinajstić information content (AvgIpc) is 3.67. The highest BCUT2D eigenvalue weighted by Crippen LogP contribution is 2.36. The zero-order valence-electron chi connectivity index (χ0n) is 26.1. The Labute approximate surface area is 273 Å². The van der Waals surface area contributed by atoms with E-state index >= 15 is 0 Å². The van der Waals surface area contributed by atoms with Crippen molar-refractivity contribution in [3.05, 3.63) is 143 Å². The molecule has 0 fully saturated rings. The molecule has 0 bridgehead atoms. The number of carbonyl (C=O) groups is 1. The van der Waals surface area contributed by atoms with Crippen LogP contribution in [0, 0.1) is 10.1 Å². The van der Waals surface area contributed by atoms with Crippen molar-refractivity contribution in [2.24, 2.45) is 4.99 Å². The molecule has 0 saturated heterocycles. The van der Waals surface area contributed by atoms with Crippen LogP contribution in [-0.4, -0.2) is 29.2 Å². The lowest BCUT2D eigenvalue weighted by atomic mass is 9.91. The molecule has 5 aromatic rings. The van der Waals surface area contributed by atoms with Crippen molar-refractivity contribution in [1.29, 1.82) is 0 Å². The fraction of sp³-hybridized carbons (Fsp3) is 0.194. The van der Waals surface area contributed by atoms with Gasteiger partial charge >= 0.3 is 5.97 Å². The van der Waals surface area contributed by atoms with Gasteiger partial charge in [0.05, 0.1) is 52.1 Å². The first-order valence-electron chi connectivity index (χ1n) is 15.0. The van der Waals surface area contributed by atoms with E-state index in [4.69, 9.17) is 18.9 Å². The molecule has 3 aromatic carbocycles. The van der Waals surface area contributed by atoms with Crippen molar-refractivity contribution < 1.29 is 23.6 Å². The lowest BCUT2D eigenvalue weighted by Gasteiger charge is -2.26. The van der Waals surface area contributed by atoms with Crippen LogP contribution < -0.4 is 19.6 Å². The number of nitro benzene ring substituents is 1. The minimum atomic E-state index is -0.807. The summed E-state index contributed by atoms with van der Waals surface area (Å²) in [7, 11) is 1.43. The molecule has 0 N–H and O–H groups in total. The summed E-state index contributed by atoms with van der Waals surface area (Å²) in [5.41, 5.74) is 3.00. The van der Waals surface area contributed by atoms with Gasteiger partial charge in [0.25, 0.3) is 11.2 Å². The Balaban J connectivity index is 1.54. The smallest absolute Gasteiger partial charge is 0.338 e. The number of thiazole rings is 1. The Bertz CT molecular complexity index is 2190. The molecular formula is C36H31N3O7S. The van der Waals surface area contributed by atoms with E-state index in [1.54, 1.807) is 37.3 Å². The van der Waals surface area contributed by atoms with Crippen LogP contribution in [0.5, 0.6) is 5.75 Å². The number of rotatable bonds is 9. The normalized spacial score (nSPS) is 14.6. The minimum Gasteiger partial charge on any atom is -0.497 e. The SMILES string of the molecule is CCOC(=O)C1=C(c2ccccc2)N=c2s/c(=C\c3ccc(-c4ccc(OC)cc4[N+](=O)[O-])o3)c(=O)n2C1c1ccc(C(C)C)cc1. The average molecular weight is 650 g/mol. The van der Waals surface area contributed by atoms with E-state index in [0.29, 0.717) is 38.0 Å². The molecule has 0 aliphatic carbocycles. The Morgan fingerprint density at radius 2 is 1.83 bits per heavy atom. The Hall–Kier alpha value is -5.55. The third kappa shape index (κ3) is 6.05. The third-order valence-electron chi connectivity index (χ3n) is 7.86. The molecule has 10 nitrogen and oxygen atoms in total. The molecular weight excluding hydrogens is 618 g/mol. The van der Waals surface area contributed by atoms with Gasteiger partial charge in [0.1, 0.15) is 17.3 Å². The fourth-order valence-electron chi connectivity index (χ4n) is 5.52. The molecule has 238 valence electrons. The van der Waals surface area contributed by atoms with Crippen LogP contribution in [0.25, 0.3) is 23.1 Å². The van der Waals surface area contributed by atoms with Crippen molar-refractivity contribution >= 4 is 34.8 Å². The van der Waals surface area contributed by atoms with Crippen LogP contribution >= 0.6 is 11.3 Å².